The number of nitrogens with zero attached hydrogens (tertiary/aromatic N) is 2. The van der Waals surface area contributed by atoms with Gasteiger partial charge in [-0.2, -0.15) is 0 Å². The van der Waals surface area contributed by atoms with Crippen LogP contribution in [0.3, 0.4) is 0 Å². The molecular formula is C15H19ClN3O. The van der Waals surface area contributed by atoms with Gasteiger partial charge in [-0.15, -0.1) is 11.6 Å². The number of piperidine rings is 1. The van der Waals surface area contributed by atoms with Crippen LogP contribution in [0, 0.1) is 6.42 Å². The first-order chi connectivity index (χ1) is 9.74. The first-order valence-corrected chi connectivity index (χ1v) is 7.55. The number of alkyl halides is 1. The number of benzene rings is 1. The molecule has 20 heavy (non-hydrogen) atoms. The number of hydrogen-bond donors (Lipinski definition) is 1. The molecule has 4 nitrogen and oxygen atoms in total. The first-order valence-electron chi connectivity index (χ1n) is 7.11. The number of aryl methyl sites for hydroxylation is 1. The van der Waals surface area contributed by atoms with Crippen molar-refractivity contribution in [3.05, 3.63) is 41.2 Å². The summed E-state index contributed by atoms with van der Waals surface area (Å²) < 4.78 is 1.82. The monoisotopic (exact) mass is 292 g/mol. The Hall–Kier alpha value is -1.26. The van der Waals surface area contributed by atoms with Crippen LogP contribution in [-0.4, -0.2) is 39.5 Å². The largest absolute Gasteiger partial charge is 0.326 e. The van der Waals surface area contributed by atoms with Crippen LogP contribution in [-0.2, 0) is 6.54 Å². The minimum atomic E-state index is -0.0200. The van der Waals surface area contributed by atoms with Gasteiger partial charge in [0.15, 0.2) is 0 Å². The van der Waals surface area contributed by atoms with Crippen LogP contribution >= 0.6 is 11.6 Å². The topological polar surface area (TPSA) is 41.0 Å². The summed E-state index contributed by atoms with van der Waals surface area (Å²) in [6, 6.07) is 7.82. The standard InChI is InChI=1S/C15H19ClN3O/c16-12-5-3-8-18(11-12)9-4-10-19-14-7-2-1-6-13(14)17-15(19)20/h1-2,5-7,12H,3-4,8-11H2,(H,17,20). The molecule has 1 N–H and O–H groups in total. The third kappa shape index (κ3) is 2.91. The molecule has 1 saturated heterocycles. The number of aromatic amines is 1. The Morgan fingerprint density at radius 1 is 1.30 bits per heavy atom. The van der Waals surface area contributed by atoms with E-state index >= 15 is 0 Å². The molecule has 0 aliphatic carbocycles. The summed E-state index contributed by atoms with van der Waals surface area (Å²) in [6.07, 6.45) is 4.19. The molecule has 0 spiro atoms. The summed E-state index contributed by atoms with van der Waals surface area (Å²) in [5.41, 5.74) is 1.87. The minimum Gasteiger partial charge on any atom is -0.306 e. The molecule has 3 rings (SSSR count). The van der Waals surface area contributed by atoms with E-state index < -0.39 is 0 Å². The van der Waals surface area contributed by atoms with E-state index in [9.17, 15) is 4.79 Å². The summed E-state index contributed by atoms with van der Waals surface area (Å²) in [5.74, 6) is 0. The van der Waals surface area contributed by atoms with Gasteiger partial charge in [0.25, 0.3) is 0 Å². The zero-order valence-corrected chi connectivity index (χ0v) is 12.1. The van der Waals surface area contributed by atoms with Crippen molar-refractivity contribution in [1.82, 2.24) is 14.5 Å². The Labute approximate surface area is 123 Å². The van der Waals surface area contributed by atoms with Gasteiger partial charge < -0.3 is 9.88 Å². The molecular weight excluding hydrogens is 274 g/mol. The molecule has 0 amide bonds. The first kappa shape index (κ1) is 13.7. The Bertz CT molecular complexity index is 633. The average Bonchev–Trinajstić information content (AvgIpc) is 2.75. The molecule has 0 saturated carbocycles. The number of aromatic nitrogens is 2. The maximum Gasteiger partial charge on any atom is 0.326 e. The van der Waals surface area contributed by atoms with Gasteiger partial charge in [0.2, 0.25) is 0 Å². The molecule has 1 aromatic heterocycles. The van der Waals surface area contributed by atoms with Crippen molar-refractivity contribution in [1.29, 1.82) is 0 Å². The normalized spacial score (nSPS) is 20.6. The van der Waals surface area contributed by atoms with E-state index in [2.05, 4.69) is 16.3 Å². The lowest BCUT2D eigenvalue weighted by Gasteiger charge is -2.29. The van der Waals surface area contributed by atoms with E-state index in [0.29, 0.717) is 0 Å². The Kier molecular flexibility index (Phi) is 4.13. The molecule has 107 valence electrons. The maximum absolute atomic E-state index is 11.9. The second-order valence-corrected chi connectivity index (χ2v) is 5.85. The van der Waals surface area contributed by atoms with Crippen molar-refractivity contribution in [2.45, 2.75) is 24.8 Å². The fourth-order valence-corrected chi connectivity index (χ4v) is 3.16. The number of halogens is 1. The fourth-order valence-electron chi connectivity index (χ4n) is 2.83. The van der Waals surface area contributed by atoms with Gasteiger partial charge in [0, 0.05) is 18.5 Å². The van der Waals surface area contributed by atoms with Crippen molar-refractivity contribution >= 4 is 22.6 Å². The second kappa shape index (κ2) is 6.02. The number of imidazole rings is 1. The van der Waals surface area contributed by atoms with E-state index in [4.69, 9.17) is 11.6 Å². The highest BCUT2D eigenvalue weighted by atomic mass is 35.5. The lowest BCUT2D eigenvalue weighted by molar-refractivity contribution is 0.249. The highest BCUT2D eigenvalue weighted by molar-refractivity contribution is 6.21. The molecule has 1 atom stereocenters. The average molecular weight is 293 g/mol. The molecule has 1 fully saturated rings. The molecule has 1 aromatic carbocycles. The molecule has 1 radical (unpaired) electrons. The van der Waals surface area contributed by atoms with E-state index in [1.54, 1.807) is 0 Å². The lowest BCUT2D eigenvalue weighted by Crippen LogP contribution is -2.37. The maximum atomic E-state index is 11.9. The Morgan fingerprint density at radius 2 is 2.15 bits per heavy atom. The molecule has 5 heteroatoms. The number of likely N-dealkylation sites (tertiary alicyclic amines) is 1. The minimum absolute atomic E-state index is 0.0200. The number of para-hydroxylation sites is 2. The molecule has 1 aliphatic heterocycles. The third-order valence-corrected chi connectivity index (χ3v) is 4.15. The summed E-state index contributed by atoms with van der Waals surface area (Å²) >= 11 is 6.14. The number of rotatable bonds is 4. The van der Waals surface area contributed by atoms with Crippen molar-refractivity contribution in [2.24, 2.45) is 0 Å². The number of hydrogen-bond acceptors (Lipinski definition) is 2. The molecule has 2 heterocycles. The lowest BCUT2D eigenvalue weighted by atomic mass is 10.1. The van der Waals surface area contributed by atoms with Crippen molar-refractivity contribution in [2.75, 3.05) is 19.6 Å². The highest BCUT2D eigenvalue weighted by Gasteiger charge is 2.17. The van der Waals surface area contributed by atoms with Crippen LogP contribution in [0.4, 0.5) is 0 Å². The number of nitrogens with one attached hydrogen (secondary N) is 1. The van der Waals surface area contributed by atoms with Crippen molar-refractivity contribution in [3.8, 4) is 0 Å². The van der Waals surface area contributed by atoms with E-state index in [1.807, 2.05) is 28.8 Å². The smallest absolute Gasteiger partial charge is 0.306 e. The van der Waals surface area contributed by atoms with E-state index in [0.717, 1.165) is 50.1 Å². The van der Waals surface area contributed by atoms with E-state index in [-0.39, 0.29) is 11.1 Å². The summed E-state index contributed by atoms with van der Waals surface area (Å²) in [7, 11) is 0. The van der Waals surface area contributed by atoms with E-state index in [1.165, 1.54) is 0 Å². The molecule has 1 aliphatic rings. The van der Waals surface area contributed by atoms with Crippen LogP contribution < -0.4 is 5.69 Å². The second-order valence-electron chi connectivity index (χ2n) is 5.29. The molecule has 0 bridgehead atoms. The fraction of sp³-hybridized carbons (Fsp3) is 0.467. The van der Waals surface area contributed by atoms with Crippen LogP contribution in [0.25, 0.3) is 11.0 Å². The van der Waals surface area contributed by atoms with Crippen molar-refractivity contribution in [3.63, 3.8) is 0 Å². The highest BCUT2D eigenvalue weighted by Crippen LogP contribution is 2.14. The van der Waals surface area contributed by atoms with Gasteiger partial charge in [-0.3, -0.25) is 4.57 Å². The summed E-state index contributed by atoms with van der Waals surface area (Å²) in [5, 5.41) is 0.166. The van der Waals surface area contributed by atoms with Crippen molar-refractivity contribution < 1.29 is 0 Å². The third-order valence-electron chi connectivity index (χ3n) is 3.84. The van der Waals surface area contributed by atoms with Crippen LogP contribution in [0.5, 0.6) is 0 Å². The number of fused-ring (bicyclic) bond motifs is 1. The van der Waals surface area contributed by atoms with Gasteiger partial charge in [0.05, 0.1) is 11.0 Å². The van der Waals surface area contributed by atoms with Crippen LogP contribution in [0.1, 0.15) is 12.8 Å². The Balaban J connectivity index is 1.62. The predicted molar refractivity (Wildman–Crippen MR) is 82.2 cm³/mol. The summed E-state index contributed by atoms with van der Waals surface area (Å²) in [4.78, 5) is 17.2. The zero-order valence-electron chi connectivity index (χ0n) is 11.4. The van der Waals surface area contributed by atoms with Crippen LogP contribution in [0.2, 0.25) is 0 Å². The van der Waals surface area contributed by atoms with Gasteiger partial charge in [0.1, 0.15) is 0 Å². The zero-order chi connectivity index (χ0) is 13.9. The predicted octanol–water partition coefficient (Wildman–Crippen LogP) is 2.24. The van der Waals surface area contributed by atoms with Gasteiger partial charge in [-0.05, 0) is 44.5 Å². The van der Waals surface area contributed by atoms with Gasteiger partial charge >= 0.3 is 5.69 Å². The SMILES string of the molecule is O=c1[nH]c2ccccc2n1CCCN1CC[CH]C(Cl)C1. The number of H-pyrrole nitrogens is 1. The quantitative estimate of drug-likeness (QED) is 0.878. The Morgan fingerprint density at radius 3 is 3.00 bits per heavy atom. The molecule has 2 aromatic rings. The van der Waals surface area contributed by atoms with Gasteiger partial charge in [-0.25, -0.2) is 4.79 Å². The van der Waals surface area contributed by atoms with Crippen LogP contribution in [0.15, 0.2) is 29.1 Å². The van der Waals surface area contributed by atoms with Gasteiger partial charge in [-0.1, -0.05) is 12.1 Å². The molecule has 1 unspecified atom stereocenters. The summed E-state index contributed by atoms with van der Waals surface area (Å²) in [6.45, 7) is 3.73.